The molecule has 0 unspecified atom stereocenters. The average Bonchev–Trinajstić information content (AvgIpc) is 2.44. The lowest BCUT2D eigenvalue weighted by molar-refractivity contribution is 0.413. The molecule has 1 aliphatic rings. The summed E-state index contributed by atoms with van der Waals surface area (Å²) in [6.45, 7) is 1.95. The highest BCUT2D eigenvalue weighted by Crippen LogP contribution is 2.40. The third kappa shape index (κ3) is 1.39. The molecular formula is C11H12BrN3. The van der Waals surface area contributed by atoms with E-state index >= 15 is 0 Å². The van der Waals surface area contributed by atoms with Crippen LogP contribution in [0, 0.1) is 6.92 Å². The van der Waals surface area contributed by atoms with E-state index < -0.39 is 0 Å². The summed E-state index contributed by atoms with van der Waals surface area (Å²) < 4.78 is 1.08. The summed E-state index contributed by atoms with van der Waals surface area (Å²) in [7, 11) is 0. The molecule has 15 heavy (non-hydrogen) atoms. The number of nitrogens with one attached hydrogen (secondary N) is 1. The van der Waals surface area contributed by atoms with E-state index in [1.807, 2.05) is 13.1 Å². The van der Waals surface area contributed by atoms with Crippen LogP contribution in [0.1, 0.15) is 36.7 Å². The Balaban J connectivity index is 2.28. The summed E-state index contributed by atoms with van der Waals surface area (Å²) in [6.07, 6.45) is 5.81. The first kappa shape index (κ1) is 9.33. The van der Waals surface area contributed by atoms with Gasteiger partial charge in [-0.3, -0.25) is 0 Å². The normalized spacial score (nSPS) is 16.9. The highest BCUT2D eigenvalue weighted by Gasteiger charge is 2.25. The smallest absolute Gasteiger partial charge is 0.142 e. The van der Waals surface area contributed by atoms with Crippen molar-refractivity contribution in [2.45, 2.75) is 32.1 Å². The maximum absolute atomic E-state index is 4.60. The molecule has 0 atom stereocenters. The van der Waals surface area contributed by atoms with E-state index in [4.69, 9.17) is 0 Å². The van der Waals surface area contributed by atoms with Crippen molar-refractivity contribution in [2.24, 2.45) is 0 Å². The average molecular weight is 266 g/mol. The van der Waals surface area contributed by atoms with Crippen molar-refractivity contribution >= 4 is 27.0 Å². The van der Waals surface area contributed by atoms with Gasteiger partial charge in [0.1, 0.15) is 11.5 Å². The van der Waals surface area contributed by atoms with E-state index in [0.29, 0.717) is 5.92 Å². The van der Waals surface area contributed by atoms with Gasteiger partial charge < -0.3 is 4.98 Å². The quantitative estimate of drug-likeness (QED) is 0.860. The molecule has 1 N–H and O–H groups in total. The zero-order valence-electron chi connectivity index (χ0n) is 8.55. The standard InChI is InChI=1S/C11H12BrN3/c1-6-14-10(7-3-2-4-7)9-8(12)5-13-11(9)15-6/h5,7H,2-4H2,1H3,(H,13,14,15). The van der Waals surface area contributed by atoms with Gasteiger partial charge in [-0.25, -0.2) is 9.97 Å². The van der Waals surface area contributed by atoms with E-state index in [9.17, 15) is 0 Å². The maximum Gasteiger partial charge on any atom is 0.142 e. The number of fused-ring (bicyclic) bond motifs is 1. The Bertz CT molecular complexity index is 514. The van der Waals surface area contributed by atoms with Crippen LogP contribution in [0.5, 0.6) is 0 Å². The molecule has 4 heteroatoms. The molecule has 0 saturated heterocycles. The van der Waals surface area contributed by atoms with Crippen molar-refractivity contribution in [1.29, 1.82) is 0 Å². The van der Waals surface area contributed by atoms with Crippen LogP contribution < -0.4 is 0 Å². The second-order valence-electron chi connectivity index (χ2n) is 4.14. The van der Waals surface area contributed by atoms with Crippen molar-refractivity contribution in [3.05, 3.63) is 22.2 Å². The number of hydrogen-bond donors (Lipinski definition) is 1. The van der Waals surface area contributed by atoms with Gasteiger partial charge in [-0.05, 0) is 35.7 Å². The number of nitrogens with zero attached hydrogens (tertiary/aromatic N) is 2. The minimum atomic E-state index is 0.640. The molecule has 1 aliphatic carbocycles. The number of hydrogen-bond acceptors (Lipinski definition) is 2. The van der Waals surface area contributed by atoms with Gasteiger partial charge in [-0.15, -0.1) is 0 Å². The third-order valence-electron chi connectivity index (χ3n) is 3.12. The lowest BCUT2D eigenvalue weighted by Gasteiger charge is -2.25. The van der Waals surface area contributed by atoms with Crippen LogP contribution >= 0.6 is 15.9 Å². The predicted molar refractivity (Wildman–Crippen MR) is 62.9 cm³/mol. The van der Waals surface area contributed by atoms with E-state index in [2.05, 4.69) is 30.9 Å². The van der Waals surface area contributed by atoms with Gasteiger partial charge in [0.2, 0.25) is 0 Å². The Morgan fingerprint density at radius 1 is 1.40 bits per heavy atom. The van der Waals surface area contributed by atoms with Crippen LogP contribution in [-0.4, -0.2) is 15.0 Å². The van der Waals surface area contributed by atoms with E-state index in [1.165, 1.54) is 30.3 Å². The Morgan fingerprint density at radius 3 is 2.87 bits per heavy atom. The van der Waals surface area contributed by atoms with Crippen LogP contribution in [-0.2, 0) is 0 Å². The summed E-state index contributed by atoms with van der Waals surface area (Å²) >= 11 is 3.55. The monoisotopic (exact) mass is 265 g/mol. The Hall–Kier alpha value is -0.900. The number of aromatic amines is 1. The van der Waals surface area contributed by atoms with Gasteiger partial charge in [0, 0.05) is 16.6 Å². The second kappa shape index (κ2) is 3.30. The molecule has 0 radical (unpaired) electrons. The molecule has 2 aromatic heterocycles. The second-order valence-corrected chi connectivity index (χ2v) is 5.00. The summed E-state index contributed by atoms with van der Waals surface area (Å²) in [6, 6.07) is 0. The fourth-order valence-electron chi connectivity index (χ4n) is 2.12. The molecule has 0 bridgehead atoms. The minimum absolute atomic E-state index is 0.640. The van der Waals surface area contributed by atoms with E-state index in [0.717, 1.165) is 15.9 Å². The number of aryl methyl sites for hydroxylation is 1. The van der Waals surface area contributed by atoms with Crippen LogP contribution in [0.25, 0.3) is 11.0 Å². The lowest BCUT2D eigenvalue weighted by Crippen LogP contribution is -2.12. The Morgan fingerprint density at radius 2 is 2.20 bits per heavy atom. The molecule has 2 heterocycles. The van der Waals surface area contributed by atoms with Crippen molar-refractivity contribution < 1.29 is 0 Å². The molecular weight excluding hydrogens is 254 g/mol. The van der Waals surface area contributed by atoms with Crippen LogP contribution in [0.4, 0.5) is 0 Å². The first-order valence-corrected chi connectivity index (χ1v) is 6.06. The Labute approximate surface area is 96.4 Å². The number of H-pyrrole nitrogens is 1. The van der Waals surface area contributed by atoms with Crippen molar-refractivity contribution in [3.63, 3.8) is 0 Å². The van der Waals surface area contributed by atoms with Gasteiger partial charge in [0.05, 0.1) is 11.1 Å². The van der Waals surface area contributed by atoms with Gasteiger partial charge >= 0.3 is 0 Å². The maximum atomic E-state index is 4.60. The summed E-state index contributed by atoms with van der Waals surface area (Å²) in [5, 5.41) is 1.17. The van der Waals surface area contributed by atoms with Gasteiger partial charge in [0.25, 0.3) is 0 Å². The summed E-state index contributed by atoms with van der Waals surface area (Å²) in [5.74, 6) is 1.50. The van der Waals surface area contributed by atoms with Crippen LogP contribution in [0.3, 0.4) is 0 Å². The van der Waals surface area contributed by atoms with Gasteiger partial charge in [0.15, 0.2) is 0 Å². The van der Waals surface area contributed by atoms with Gasteiger partial charge in [-0.1, -0.05) is 6.42 Å². The first-order valence-electron chi connectivity index (χ1n) is 5.27. The van der Waals surface area contributed by atoms with Crippen LogP contribution in [0.2, 0.25) is 0 Å². The fraction of sp³-hybridized carbons (Fsp3) is 0.455. The van der Waals surface area contributed by atoms with Gasteiger partial charge in [-0.2, -0.15) is 0 Å². The van der Waals surface area contributed by atoms with Crippen LogP contribution in [0.15, 0.2) is 10.7 Å². The number of aromatic nitrogens is 3. The van der Waals surface area contributed by atoms with Crippen molar-refractivity contribution in [1.82, 2.24) is 15.0 Å². The third-order valence-corrected chi connectivity index (χ3v) is 3.74. The summed E-state index contributed by atoms with van der Waals surface area (Å²) in [4.78, 5) is 12.2. The largest absolute Gasteiger partial charge is 0.345 e. The molecule has 3 nitrogen and oxygen atoms in total. The molecule has 3 rings (SSSR count). The Kier molecular flexibility index (Phi) is 2.06. The lowest BCUT2D eigenvalue weighted by atomic mass is 9.82. The molecule has 78 valence electrons. The minimum Gasteiger partial charge on any atom is -0.345 e. The highest BCUT2D eigenvalue weighted by molar-refractivity contribution is 9.10. The number of rotatable bonds is 1. The van der Waals surface area contributed by atoms with Crippen molar-refractivity contribution in [2.75, 3.05) is 0 Å². The van der Waals surface area contributed by atoms with E-state index in [-0.39, 0.29) is 0 Å². The first-order chi connectivity index (χ1) is 7.25. The zero-order chi connectivity index (χ0) is 10.4. The topological polar surface area (TPSA) is 41.6 Å². The fourth-order valence-corrected chi connectivity index (χ4v) is 2.62. The zero-order valence-corrected chi connectivity index (χ0v) is 10.1. The highest BCUT2D eigenvalue weighted by atomic mass is 79.9. The van der Waals surface area contributed by atoms with E-state index in [1.54, 1.807) is 0 Å². The molecule has 1 saturated carbocycles. The molecule has 0 amide bonds. The molecule has 0 aliphatic heterocycles. The number of halogens is 1. The predicted octanol–water partition coefficient (Wildman–Crippen LogP) is 3.30. The molecule has 2 aromatic rings. The molecule has 0 aromatic carbocycles. The summed E-state index contributed by atoms with van der Waals surface area (Å²) in [5.41, 5.74) is 2.17. The van der Waals surface area contributed by atoms with Crippen molar-refractivity contribution in [3.8, 4) is 0 Å². The molecule has 0 spiro atoms. The molecule has 1 fully saturated rings. The SMILES string of the molecule is Cc1nc(C2CCC2)c2c(Br)c[nH]c2n1.